The molecule has 3 atom stereocenters. The summed E-state index contributed by atoms with van der Waals surface area (Å²) in [6, 6.07) is 11.4. The molecule has 2 nitrogen and oxygen atoms in total. The summed E-state index contributed by atoms with van der Waals surface area (Å²) in [4.78, 5) is 2.72. The van der Waals surface area contributed by atoms with Gasteiger partial charge in [-0.3, -0.25) is 0 Å². The number of fused-ring (bicyclic) bond motifs is 1. The molecule has 0 amide bonds. The van der Waals surface area contributed by atoms with E-state index in [9.17, 15) is 0 Å². The third-order valence-corrected chi connectivity index (χ3v) is 5.77. The highest BCUT2D eigenvalue weighted by Gasteiger charge is 2.37. The molecular weight excluding hydrogens is 256 g/mol. The molecule has 3 aliphatic rings. The maximum atomic E-state index is 4.04. The second kappa shape index (κ2) is 5.73. The molecule has 0 aromatic heterocycles. The van der Waals surface area contributed by atoms with E-state index in [0.717, 1.165) is 18.0 Å². The van der Waals surface area contributed by atoms with Crippen molar-refractivity contribution in [3.63, 3.8) is 0 Å². The molecule has 1 aromatic carbocycles. The minimum Gasteiger partial charge on any atom is -0.307 e. The molecule has 1 aliphatic carbocycles. The summed E-state index contributed by atoms with van der Waals surface area (Å²) >= 11 is 0. The lowest BCUT2D eigenvalue weighted by Crippen LogP contribution is -2.46. The zero-order valence-electron chi connectivity index (χ0n) is 13.2. The molecule has 0 spiro atoms. The highest BCUT2D eigenvalue weighted by atomic mass is 15.2. The van der Waals surface area contributed by atoms with E-state index >= 15 is 0 Å². The first-order chi connectivity index (χ1) is 10.3. The van der Waals surface area contributed by atoms with Crippen molar-refractivity contribution >= 4 is 0 Å². The quantitative estimate of drug-likeness (QED) is 0.907. The summed E-state index contributed by atoms with van der Waals surface area (Å²) in [5.74, 6) is 0.884. The van der Waals surface area contributed by atoms with Gasteiger partial charge in [-0.1, -0.05) is 29.8 Å². The number of hydrogen-bond acceptors (Lipinski definition) is 2. The molecular formula is C19H28N2. The van der Waals surface area contributed by atoms with Gasteiger partial charge in [-0.15, -0.1) is 0 Å². The van der Waals surface area contributed by atoms with Crippen LogP contribution < -0.4 is 5.32 Å². The van der Waals surface area contributed by atoms with Gasteiger partial charge in [0.2, 0.25) is 0 Å². The van der Waals surface area contributed by atoms with Crippen molar-refractivity contribution in [2.75, 3.05) is 13.1 Å². The van der Waals surface area contributed by atoms with Crippen LogP contribution in [0.4, 0.5) is 0 Å². The number of aryl methyl sites for hydroxylation is 1. The molecule has 3 unspecified atom stereocenters. The van der Waals surface area contributed by atoms with Crippen LogP contribution in [0.2, 0.25) is 0 Å². The lowest BCUT2D eigenvalue weighted by atomic mass is 9.94. The van der Waals surface area contributed by atoms with E-state index in [1.165, 1.54) is 62.7 Å². The van der Waals surface area contributed by atoms with E-state index in [1.807, 2.05) is 0 Å². The number of rotatable bonds is 4. The maximum Gasteiger partial charge on any atom is 0.0351 e. The highest BCUT2D eigenvalue weighted by molar-refractivity contribution is 5.25. The van der Waals surface area contributed by atoms with Crippen LogP contribution in [0.15, 0.2) is 24.3 Å². The zero-order chi connectivity index (χ0) is 14.2. The Morgan fingerprint density at radius 1 is 1.05 bits per heavy atom. The number of nitrogens with one attached hydrogen (secondary N) is 1. The van der Waals surface area contributed by atoms with Crippen molar-refractivity contribution in [2.24, 2.45) is 5.92 Å². The minimum atomic E-state index is 0.601. The standard InChI is InChI=1S/C19H28N2/c1-14-4-6-15(7-5-14)19(16-8-9-16)20-17-10-12-21-11-2-3-18(21)13-17/h4-7,16-20H,2-3,8-13H2,1H3. The molecule has 1 N–H and O–H groups in total. The lowest BCUT2D eigenvalue weighted by molar-refractivity contribution is 0.158. The van der Waals surface area contributed by atoms with Crippen molar-refractivity contribution in [3.05, 3.63) is 35.4 Å². The van der Waals surface area contributed by atoms with Crippen molar-refractivity contribution in [3.8, 4) is 0 Å². The molecule has 0 bridgehead atoms. The highest BCUT2D eigenvalue weighted by Crippen LogP contribution is 2.42. The van der Waals surface area contributed by atoms with E-state index in [2.05, 4.69) is 41.4 Å². The Kier molecular flexibility index (Phi) is 3.76. The second-order valence-electron chi connectivity index (χ2n) is 7.45. The van der Waals surface area contributed by atoms with Gasteiger partial charge in [-0.05, 0) is 70.0 Å². The summed E-state index contributed by atoms with van der Waals surface area (Å²) in [5, 5.41) is 4.04. The fourth-order valence-corrected chi connectivity index (χ4v) is 4.34. The average molecular weight is 284 g/mol. The predicted octanol–water partition coefficient (Wildman–Crippen LogP) is 3.66. The summed E-state index contributed by atoms with van der Waals surface area (Å²) < 4.78 is 0. The number of benzene rings is 1. The van der Waals surface area contributed by atoms with Crippen LogP contribution in [-0.2, 0) is 0 Å². The summed E-state index contributed by atoms with van der Waals surface area (Å²) in [6.45, 7) is 4.84. The van der Waals surface area contributed by atoms with Crippen LogP contribution in [0.3, 0.4) is 0 Å². The van der Waals surface area contributed by atoms with Gasteiger partial charge < -0.3 is 10.2 Å². The monoisotopic (exact) mass is 284 g/mol. The average Bonchev–Trinajstić information content (AvgIpc) is 3.23. The summed E-state index contributed by atoms with van der Waals surface area (Å²) in [5.41, 5.74) is 2.88. The Hall–Kier alpha value is -0.860. The summed E-state index contributed by atoms with van der Waals surface area (Å²) in [7, 11) is 0. The molecule has 21 heavy (non-hydrogen) atoms. The number of hydrogen-bond donors (Lipinski definition) is 1. The molecule has 3 fully saturated rings. The topological polar surface area (TPSA) is 15.3 Å². The molecule has 2 saturated heterocycles. The number of nitrogens with zero attached hydrogens (tertiary/aromatic N) is 1. The molecule has 4 rings (SSSR count). The van der Waals surface area contributed by atoms with Crippen LogP contribution >= 0.6 is 0 Å². The molecule has 1 saturated carbocycles. The van der Waals surface area contributed by atoms with E-state index in [-0.39, 0.29) is 0 Å². The first-order valence-corrected chi connectivity index (χ1v) is 8.86. The fraction of sp³-hybridized carbons (Fsp3) is 0.684. The fourth-order valence-electron chi connectivity index (χ4n) is 4.34. The van der Waals surface area contributed by atoms with Gasteiger partial charge in [0.15, 0.2) is 0 Å². The summed E-state index contributed by atoms with van der Waals surface area (Å²) in [6.07, 6.45) is 8.38. The van der Waals surface area contributed by atoms with Crippen LogP contribution in [-0.4, -0.2) is 30.1 Å². The van der Waals surface area contributed by atoms with E-state index < -0.39 is 0 Å². The largest absolute Gasteiger partial charge is 0.307 e. The van der Waals surface area contributed by atoms with Gasteiger partial charge in [-0.2, -0.15) is 0 Å². The van der Waals surface area contributed by atoms with E-state index in [1.54, 1.807) is 0 Å². The molecule has 1 aromatic rings. The predicted molar refractivity (Wildman–Crippen MR) is 87.4 cm³/mol. The molecule has 2 aliphatic heterocycles. The van der Waals surface area contributed by atoms with Crippen LogP contribution in [0.1, 0.15) is 55.7 Å². The normalized spacial score (nSPS) is 31.1. The molecule has 2 heteroatoms. The van der Waals surface area contributed by atoms with Gasteiger partial charge in [0, 0.05) is 18.1 Å². The molecule has 2 heterocycles. The zero-order valence-corrected chi connectivity index (χ0v) is 13.2. The Balaban J connectivity index is 1.44. The van der Waals surface area contributed by atoms with Crippen molar-refractivity contribution in [1.82, 2.24) is 10.2 Å². The van der Waals surface area contributed by atoms with Gasteiger partial charge >= 0.3 is 0 Å². The second-order valence-corrected chi connectivity index (χ2v) is 7.45. The van der Waals surface area contributed by atoms with E-state index in [4.69, 9.17) is 0 Å². The third-order valence-electron chi connectivity index (χ3n) is 5.77. The van der Waals surface area contributed by atoms with Crippen LogP contribution in [0, 0.1) is 12.8 Å². The van der Waals surface area contributed by atoms with Crippen LogP contribution in [0.25, 0.3) is 0 Å². The van der Waals surface area contributed by atoms with Crippen molar-refractivity contribution in [2.45, 2.75) is 63.6 Å². The first kappa shape index (κ1) is 13.8. The molecule has 114 valence electrons. The minimum absolute atomic E-state index is 0.601. The SMILES string of the molecule is Cc1ccc(C(NC2CCN3CCCC3C2)C2CC2)cc1. The van der Waals surface area contributed by atoms with Crippen molar-refractivity contribution in [1.29, 1.82) is 0 Å². The third kappa shape index (κ3) is 3.02. The Labute approximate surface area is 128 Å². The first-order valence-electron chi connectivity index (χ1n) is 8.86. The smallest absolute Gasteiger partial charge is 0.0351 e. The molecule has 0 radical (unpaired) electrons. The maximum absolute atomic E-state index is 4.04. The Morgan fingerprint density at radius 2 is 1.86 bits per heavy atom. The Morgan fingerprint density at radius 3 is 2.62 bits per heavy atom. The van der Waals surface area contributed by atoms with Crippen LogP contribution in [0.5, 0.6) is 0 Å². The lowest BCUT2D eigenvalue weighted by Gasteiger charge is -2.37. The van der Waals surface area contributed by atoms with Gasteiger partial charge in [-0.25, -0.2) is 0 Å². The van der Waals surface area contributed by atoms with Gasteiger partial charge in [0.1, 0.15) is 0 Å². The Bertz CT molecular complexity index is 477. The van der Waals surface area contributed by atoms with Crippen molar-refractivity contribution < 1.29 is 0 Å². The van der Waals surface area contributed by atoms with E-state index in [0.29, 0.717) is 6.04 Å². The van der Waals surface area contributed by atoms with Gasteiger partial charge in [0.25, 0.3) is 0 Å². The number of piperidine rings is 1. The van der Waals surface area contributed by atoms with Gasteiger partial charge in [0.05, 0.1) is 0 Å².